The lowest BCUT2D eigenvalue weighted by Crippen LogP contribution is -2.38. The molecule has 2 rings (SSSR count). The molecule has 18 heavy (non-hydrogen) atoms. The summed E-state index contributed by atoms with van der Waals surface area (Å²) in [5.74, 6) is 1.02. The first kappa shape index (κ1) is 13.4. The highest BCUT2D eigenvalue weighted by atomic mass is 16.5. The molecule has 1 aliphatic carbocycles. The minimum Gasteiger partial charge on any atom is -0.496 e. The maximum Gasteiger partial charge on any atom is 0.122 e. The van der Waals surface area contributed by atoms with E-state index in [9.17, 15) is 0 Å². The maximum absolute atomic E-state index is 5.46. The van der Waals surface area contributed by atoms with Crippen LogP contribution in [0, 0.1) is 5.41 Å². The zero-order valence-electron chi connectivity index (χ0n) is 11.8. The van der Waals surface area contributed by atoms with Crippen molar-refractivity contribution in [3.05, 3.63) is 29.8 Å². The molecule has 0 heterocycles. The van der Waals surface area contributed by atoms with Gasteiger partial charge in [0.05, 0.1) is 7.11 Å². The number of methoxy groups -OCH3 is 1. The van der Waals surface area contributed by atoms with E-state index in [-0.39, 0.29) is 0 Å². The molecule has 0 aliphatic heterocycles. The third-order valence-electron chi connectivity index (χ3n) is 4.14. The second-order valence-electron chi connectivity index (χ2n) is 5.68. The Balaban J connectivity index is 2.08. The van der Waals surface area contributed by atoms with Gasteiger partial charge in [0.2, 0.25) is 0 Å². The molecule has 1 saturated carbocycles. The van der Waals surface area contributed by atoms with Crippen LogP contribution in [-0.2, 0) is 6.42 Å². The van der Waals surface area contributed by atoms with E-state index in [1.165, 1.54) is 24.8 Å². The van der Waals surface area contributed by atoms with E-state index in [1.54, 1.807) is 7.11 Å². The summed E-state index contributed by atoms with van der Waals surface area (Å²) in [5, 5.41) is 3.72. The fourth-order valence-corrected chi connectivity index (χ4v) is 2.52. The predicted molar refractivity (Wildman–Crippen MR) is 76.1 cm³/mol. The van der Waals surface area contributed by atoms with Crippen molar-refractivity contribution in [3.63, 3.8) is 0 Å². The van der Waals surface area contributed by atoms with Crippen LogP contribution in [0.3, 0.4) is 0 Å². The van der Waals surface area contributed by atoms with E-state index in [2.05, 4.69) is 37.4 Å². The van der Waals surface area contributed by atoms with Crippen LogP contribution in [0.1, 0.15) is 38.7 Å². The van der Waals surface area contributed by atoms with Crippen LogP contribution >= 0.6 is 0 Å². The van der Waals surface area contributed by atoms with Gasteiger partial charge in [0.25, 0.3) is 0 Å². The SMILES string of the molecule is CCCNC(Cc1ccccc1OC)C1(C)CC1. The van der Waals surface area contributed by atoms with Crippen molar-refractivity contribution in [1.82, 2.24) is 5.32 Å². The van der Waals surface area contributed by atoms with E-state index in [0.29, 0.717) is 11.5 Å². The molecule has 1 aliphatic rings. The molecule has 0 aromatic heterocycles. The van der Waals surface area contributed by atoms with Gasteiger partial charge in [-0.2, -0.15) is 0 Å². The Bertz CT molecular complexity index is 384. The number of rotatable bonds is 7. The van der Waals surface area contributed by atoms with E-state index in [0.717, 1.165) is 18.7 Å². The van der Waals surface area contributed by atoms with Gasteiger partial charge in [0, 0.05) is 6.04 Å². The molecule has 2 heteroatoms. The van der Waals surface area contributed by atoms with Crippen molar-refractivity contribution in [1.29, 1.82) is 0 Å². The van der Waals surface area contributed by atoms with E-state index in [1.807, 2.05) is 6.07 Å². The van der Waals surface area contributed by atoms with Crippen LogP contribution < -0.4 is 10.1 Å². The predicted octanol–water partition coefficient (Wildman–Crippen LogP) is 3.41. The molecule has 100 valence electrons. The van der Waals surface area contributed by atoms with Gasteiger partial charge >= 0.3 is 0 Å². The number of nitrogens with one attached hydrogen (secondary N) is 1. The van der Waals surface area contributed by atoms with Crippen LogP contribution in [0.2, 0.25) is 0 Å². The topological polar surface area (TPSA) is 21.3 Å². The highest BCUT2D eigenvalue weighted by molar-refractivity contribution is 5.34. The van der Waals surface area contributed by atoms with Crippen molar-refractivity contribution >= 4 is 0 Å². The Labute approximate surface area is 111 Å². The highest BCUT2D eigenvalue weighted by Gasteiger charge is 2.44. The largest absolute Gasteiger partial charge is 0.496 e. The third-order valence-corrected chi connectivity index (χ3v) is 4.14. The number of benzene rings is 1. The van der Waals surface area contributed by atoms with Gasteiger partial charge in [-0.25, -0.2) is 0 Å². The van der Waals surface area contributed by atoms with Crippen molar-refractivity contribution < 1.29 is 4.74 Å². The second-order valence-corrected chi connectivity index (χ2v) is 5.68. The summed E-state index contributed by atoms with van der Waals surface area (Å²) in [5.41, 5.74) is 1.82. The molecule has 1 aromatic carbocycles. The van der Waals surface area contributed by atoms with E-state index in [4.69, 9.17) is 4.74 Å². The molecule has 1 atom stereocenters. The average molecular weight is 247 g/mol. The van der Waals surface area contributed by atoms with Gasteiger partial charge in [-0.05, 0) is 49.3 Å². The normalized spacial score (nSPS) is 18.4. The van der Waals surface area contributed by atoms with Crippen molar-refractivity contribution in [2.24, 2.45) is 5.41 Å². The first-order valence-corrected chi connectivity index (χ1v) is 7.05. The van der Waals surface area contributed by atoms with E-state index < -0.39 is 0 Å². The Morgan fingerprint density at radius 2 is 2.06 bits per heavy atom. The lowest BCUT2D eigenvalue weighted by Gasteiger charge is -2.25. The Morgan fingerprint density at radius 1 is 1.33 bits per heavy atom. The molecule has 0 radical (unpaired) electrons. The molecule has 0 saturated heterocycles. The summed E-state index contributed by atoms with van der Waals surface area (Å²) in [4.78, 5) is 0. The smallest absolute Gasteiger partial charge is 0.122 e. The Hall–Kier alpha value is -1.02. The zero-order valence-corrected chi connectivity index (χ0v) is 11.8. The number of ether oxygens (including phenoxy) is 1. The number of hydrogen-bond donors (Lipinski definition) is 1. The number of para-hydroxylation sites is 1. The molecular weight excluding hydrogens is 222 g/mol. The van der Waals surface area contributed by atoms with Crippen LogP contribution in [0.15, 0.2) is 24.3 Å². The molecule has 1 fully saturated rings. The third kappa shape index (κ3) is 3.05. The Kier molecular flexibility index (Phi) is 4.28. The van der Waals surface area contributed by atoms with Crippen LogP contribution in [0.4, 0.5) is 0 Å². The molecule has 1 aromatic rings. The van der Waals surface area contributed by atoms with Gasteiger partial charge in [-0.1, -0.05) is 32.0 Å². The van der Waals surface area contributed by atoms with Gasteiger partial charge < -0.3 is 10.1 Å². The molecule has 0 bridgehead atoms. The summed E-state index contributed by atoms with van der Waals surface area (Å²) in [7, 11) is 1.76. The molecule has 1 unspecified atom stereocenters. The summed E-state index contributed by atoms with van der Waals surface area (Å²) in [6.45, 7) is 5.73. The maximum atomic E-state index is 5.46. The lowest BCUT2D eigenvalue weighted by molar-refractivity contribution is 0.346. The van der Waals surface area contributed by atoms with Crippen molar-refractivity contribution in [2.45, 2.75) is 45.6 Å². The fraction of sp³-hybridized carbons (Fsp3) is 0.625. The first-order valence-electron chi connectivity index (χ1n) is 7.05. The summed E-state index contributed by atoms with van der Waals surface area (Å²) in [6.07, 6.45) is 4.96. The fourth-order valence-electron chi connectivity index (χ4n) is 2.52. The first-order chi connectivity index (χ1) is 8.69. The average Bonchev–Trinajstić information content (AvgIpc) is 3.14. The van der Waals surface area contributed by atoms with E-state index >= 15 is 0 Å². The zero-order chi connectivity index (χ0) is 13.0. The van der Waals surface area contributed by atoms with Crippen molar-refractivity contribution in [2.75, 3.05) is 13.7 Å². The van der Waals surface area contributed by atoms with Gasteiger partial charge in [-0.3, -0.25) is 0 Å². The Morgan fingerprint density at radius 3 is 2.67 bits per heavy atom. The van der Waals surface area contributed by atoms with Gasteiger partial charge in [0.15, 0.2) is 0 Å². The quantitative estimate of drug-likeness (QED) is 0.797. The molecule has 2 nitrogen and oxygen atoms in total. The lowest BCUT2D eigenvalue weighted by atomic mass is 9.92. The van der Waals surface area contributed by atoms with Gasteiger partial charge in [-0.15, -0.1) is 0 Å². The van der Waals surface area contributed by atoms with Crippen LogP contribution in [0.25, 0.3) is 0 Å². The monoisotopic (exact) mass is 247 g/mol. The number of hydrogen-bond acceptors (Lipinski definition) is 2. The molecule has 0 spiro atoms. The second kappa shape index (κ2) is 5.75. The highest BCUT2D eigenvalue weighted by Crippen LogP contribution is 2.49. The van der Waals surface area contributed by atoms with Gasteiger partial charge in [0.1, 0.15) is 5.75 Å². The summed E-state index contributed by atoms with van der Waals surface area (Å²) in [6, 6.07) is 8.96. The standard InChI is InChI=1S/C16H25NO/c1-4-11-17-15(16(2)9-10-16)12-13-7-5-6-8-14(13)18-3/h5-8,15,17H,4,9-12H2,1-3H3. The minimum absolute atomic E-state index is 0.496. The molecular formula is C16H25NO. The summed E-state index contributed by atoms with van der Waals surface area (Å²) >= 11 is 0. The minimum atomic E-state index is 0.496. The summed E-state index contributed by atoms with van der Waals surface area (Å²) < 4.78 is 5.46. The molecule has 1 N–H and O–H groups in total. The van der Waals surface area contributed by atoms with Crippen molar-refractivity contribution in [3.8, 4) is 5.75 Å². The van der Waals surface area contributed by atoms with Crippen LogP contribution in [0.5, 0.6) is 5.75 Å². The molecule has 0 amide bonds. The van der Waals surface area contributed by atoms with Crippen LogP contribution in [-0.4, -0.2) is 19.7 Å².